The first kappa shape index (κ1) is 49.8. The fourth-order valence-corrected chi connectivity index (χ4v) is 7.11. The van der Waals surface area contributed by atoms with E-state index in [1.54, 1.807) is 0 Å². The molecule has 3 rings (SSSR count). The Balaban J connectivity index is 1.75. The largest absolute Gasteiger partial charge is 0.493 e. The van der Waals surface area contributed by atoms with E-state index >= 15 is 0 Å². The lowest BCUT2D eigenvalue weighted by atomic mass is 10.1. The van der Waals surface area contributed by atoms with E-state index in [1.165, 1.54) is 103 Å². The van der Waals surface area contributed by atoms with Crippen LogP contribution in [0.5, 0.6) is 34.5 Å². The van der Waals surface area contributed by atoms with E-state index < -0.39 is 0 Å². The van der Waals surface area contributed by atoms with E-state index in [2.05, 4.69) is 85.2 Å². The van der Waals surface area contributed by atoms with Gasteiger partial charge >= 0.3 is 0 Å². The lowest BCUT2D eigenvalue weighted by Gasteiger charge is -2.24. The molecule has 0 spiro atoms. The van der Waals surface area contributed by atoms with Crippen molar-refractivity contribution in [1.82, 2.24) is 0 Å². The lowest BCUT2D eigenvalue weighted by molar-refractivity contribution is -0.884. The molecule has 0 saturated carbocycles. The van der Waals surface area contributed by atoms with Crippen molar-refractivity contribution in [2.75, 3.05) is 47.6 Å². The zero-order valence-electron chi connectivity index (χ0n) is 38.7. The molecule has 0 N–H and O–H groups in total. The Morgan fingerprint density at radius 3 is 0.831 bits per heavy atom. The van der Waals surface area contributed by atoms with Gasteiger partial charge in [0, 0.05) is 23.8 Å². The van der Waals surface area contributed by atoms with Gasteiger partial charge in [0.05, 0.1) is 47.6 Å². The van der Waals surface area contributed by atoms with Crippen LogP contribution in [0.4, 0.5) is 0 Å². The highest BCUT2D eigenvalue weighted by Crippen LogP contribution is 2.30. The fraction of sp³-hybridized carbons (Fsp3) is 0.654. The Morgan fingerprint density at radius 1 is 0.305 bits per heavy atom. The molecule has 0 heterocycles. The molecule has 0 saturated heterocycles. The van der Waals surface area contributed by atoms with Gasteiger partial charge in [-0.15, -0.1) is 0 Å². The number of hydrogen-bond donors (Lipinski definition) is 0. The Bertz CT molecular complexity index is 1350. The van der Waals surface area contributed by atoms with Crippen LogP contribution in [0.25, 0.3) is 0 Å². The highest BCUT2D eigenvalue weighted by atomic mass is 16.5. The SMILES string of the molecule is CCCCCCCOc1cc(COc2cc(C[N+](C)(C)C)cc(OCc3cc(OCCCCCCC)cc(OCCCCCCC)c3)c2)cc(OCCCCCCC)c1. The van der Waals surface area contributed by atoms with E-state index in [9.17, 15) is 0 Å². The first-order valence-electron chi connectivity index (χ1n) is 23.7. The van der Waals surface area contributed by atoms with Gasteiger partial charge in [-0.1, -0.05) is 130 Å². The number of ether oxygens (including phenoxy) is 6. The van der Waals surface area contributed by atoms with Crippen molar-refractivity contribution in [3.8, 4) is 34.5 Å². The molecule has 0 unspecified atom stereocenters. The first-order valence-corrected chi connectivity index (χ1v) is 23.7. The second kappa shape index (κ2) is 30.4. The summed E-state index contributed by atoms with van der Waals surface area (Å²) in [4.78, 5) is 0. The highest BCUT2D eigenvalue weighted by Gasteiger charge is 2.14. The smallest absolute Gasteiger partial charge is 0.124 e. The summed E-state index contributed by atoms with van der Waals surface area (Å²) in [7, 11) is 6.61. The minimum atomic E-state index is 0.394. The summed E-state index contributed by atoms with van der Waals surface area (Å²) in [6, 6.07) is 18.7. The van der Waals surface area contributed by atoms with Crippen LogP contribution < -0.4 is 28.4 Å². The maximum atomic E-state index is 6.55. The molecular weight excluding hydrogens is 735 g/mol. The summed E-state index contributed by atoms with van der Waals surface area (Å²) < 4.78 is 39.0. The van der Waals surface area contributed by atoms with E-state index in [0.717, 1.165) is 87.9 Å². The van der Waals surface area contributed by atoms with Gasteiger partial charge in [0.15, 0.2) is 0 Å². The van der Waals surface area contributed by atoms with Crippen molar-refractivity contribution < 1.29 is 32.9 Å². The first-order chi connectivity index (χ1) is 28.7. The van der Waals surface area contributed by atoms with Crippen molar-refractivity contribution in [3.05, 3.63) is 71.3 Å². The van der Waals surface area contributed by atoms with Gasteiger partial charge in [-0.25, -0.2) is 0 Å². The maximum absolute atomic E-state index is 6.55. The normalized spacial score (nSPS) is 11.4. The average Bonchev–Trinajstić information content (AvgIpc) is 3.21. The minimum absolute atomic E-state index is 0.394. The van der Waals surface area contributed by atoms with Crippen molar-refractivity contribution in [1.29, 1.82) is 0 Å². The third kappa shape index (κ3) is 23.7. The molecule has 0 aromatic heterocycles. The molecule has 7 heteroatoms. The molecule has 3 aromatic rings. The molecule has 7 nitrogen and oxygen atoms in total. The molecule has 0 aliphatic rings. The molecule has 0 aliphatic heterocycles. The number of unbranched alkanes of at least 4 members (excludes halogenated alkanes) is 16. The van der Waals surface area contributed by atoms with E-state index in [-0.39, 0.29) is 0 Å². The Morgan fingerprint density at radius 2 is 0.559 bits per heavy atom. The van der Waals surface area contributed by atoms with E-state index in [4.69, 9.17) is 28.4 Å². The number of benzene rings is 3. The van der Waals surface area contributed by atoms with Crippen LogP contribution in [0.3, 0.4) is 0 Å². The van der Waals surface area contributed by atoms with E-state index in [1.807, 2.05) is 18.2 Å². The molecule has 59 heavy (non-hydrogen) atoms. The summed E-state index contributed by atoms with van der Waals surface area (Å²) >= 11 is 0. The standard InChI is InChI=1S/C52H84NO6/c1-8-12-16-20-24-28-54-47-34-45(35-48(38-47)55-29-25-21-17-13-9-2)42-58-51-32-44(41-53(5,6)7)33-52(40-51)59-43-46-36-49(56-30-26-22-18-14-10-3)39-50(37-46)57-31-27-23-19-15-11-4/h32-40H,8-31,41-43H2,1-7H3/q+1. The van der Waals surface area contributed by atoms with Crippen LogP contribution >= 0.6 is 0 Å². The van der Waals surface area contributed by atoms with Gasteiger partial charge < -0.3 is 32.9 Å². The van der Waals surface area contributed by atoms with E-state index in [0.29, 0.717) is 39.6 Å². The van der Waals surface area contributed by atoms with Crippen molar-refractivity contribution >= 4 is 0 Å². The van der Waals surface area contributed by atoms with Crippen molar-refractivity contribution in [2.24, 2.45) is 0 Å². The quantitative estimate of drug-likeness (QED) is 0.0430. The fourth-order valence-electron chi connectivity index (χ4n) is 7.11. The molecule has 0 atom stereocenters. The second-order valence-electron chi connectivity index (χ2n) is 17.5. The molecule has 0 amide bonds. The van der Waals surface area contributed by atoms with Gasteiger partial charge in [0.25, 0.3) is 0 Å². The Hall–Kier alpha value is -3.58. The summed E-state index contributed by atoms with van der Waals surface area (Å²) in [5.74, 6) is 4.92. The molecule has 0 bridgehead atoms. The number of nitrogens with zero attached hydrogens (tertiary/aromatic N) is 1. The molecule has 0 radical (unpaired) electrons. The third-order valence-corrected chi connectivity index (χ3v) is 10.4. The summed E-state index contributed by atoms with van der Waals surface area (Å²) in [5.41, 5.74) is 3.20. The highest BCUT2D eigenvalue weighted by molar-refractivity contribution is 5.42. The van der Waals surface area contributed by atoms with Gasteiger partial charge in [-0.3, -0.25) is 0 Å². The lowest BCUT2D eigenvalue weighted by Crippen LogP contribution is -2.33. The predicted octanol–water partition coefficient (Wildman–Crippen LogP) is 14.4. The van der Waals surface area contributed by atoms with Crippen molar-refractivity contribution in [3.63, 3.8) is 0 Å². The molecule has 3 aromatic carbocycles. The predicted molar refractivity (Wildman–Crippen MR) is 247 cm³/mol. The van der Waals surface area contributed by atoms with Crippen LogP contribution in [0.2, 0.25) is 0 Å². The average molecular weight is 819 g/mol. The summed E-state index contributed by atoms with van der Waals surface area (Å²) in [5, 5.41) is 0. The summed E-state index contributed by atoms with van der Waals surface area (Å²) in [6.07, 6.45) is 24.1. The molecular formula is C52H84NO6+. The topological polar surface area (TPSA) is 55.4 Å². The maximum Gasteiger partial charge on any atom is 0.124 e. The Labute approximate surface area is 361 Å². The molecule has 0 fully saturated rings. The van der Waals surface area contributed by atoms with Crippen LogP contribution in [0.1, 0.15) is 173 Å². The van der Waals surface area contributed by atoms with Crippen LogP contribution in [0.15, 0.2) is 54.6 Å². The van der Waals surface area contributed by atoms with Gasteiger partial charge in [0.2, 0.25) is 0 Å². The molecule has 332 valence electrons. The zero-order valence-corrected chi connectivity index (χ0v) is 38.7. The second-order valence-corrected chi connectivity index (χ2v) is 17.5. The van der Waals surface area contributed by atoms with Crippen LogP contribution in [-0.2, 0) is 19.8 Å². The molecule has 0 aliphatic carbocycles. The monoisotopic (exact) mass is 819 g/mol. The van der Waals surface area contributed by atoms with Crippen LogP contribution in [-0.4, -0.2) is 52.1 Å². The Kier molecular flexibility index (Phi) is 25.7. The number of hydrogen-bond acceptors (Lipinski definition) is 6. The zero-order chi connectivity index (χ0) is 42.4. The van der Waals surface area contributed by atoms with Crippen molar-refractivity contribution in [2.45, 2.75) is 176 Å². The minimum Gasteiger partial charge on any atom is -0.493 e. The van der Waals surface area contributed by atoms with Gasteiger partial charge in [-0.2, -0.15) is 0 Å². The number of quaternary nitrogens is 1. The third-order valence-electron chi connectivity index (χ3n) is 10.4. The number of rotatable bonds is 36. The van der Waals surface area contributed by atoms with Gasteiger partial charge in [-0.05, 0) is 73.2 Å². The summed E-state index contributed by atoms with van der Waals surface area (Å²) in [6.45, 7) is 13.4. The van der Waals surface area contributed by atoms with Crippen LogP contribution in [0, 0.1) is 0 Å². The van der Waals surface area contributed by atoms with Gasteiger partial charge in [0.1, 0.15) is 54.3 Å².